The predicted octanol–water partition coefficient (Wildman–Crippen LogP) is 1.30. The molecular weight excluding hydrogens is 212 g/mol. The van der Waals surface area contributed by atoms with E-state index in [0.717, 1.165) is 5.69 Å². The number of methoxy groups -OCH3 is 1. The van der Waals surface area contributed by atoms with Gasteiger partial charge in [0.1, 0.15) is 0 Å². The molecular formula is C10H14N2O2S. The molecule has 15 heavy (non-hydrogen) atoms. The molecule has 0 fully saturated rings. The molecule has 0 aliphatic carbocycles. The van der Waals surface area contributed by atoms with Gasteiger partial charge in [-0.1, -0.05) is 6.08 Å². The van der Waals surface area contributed by atoms with Gasteiger partial charge < -0.3 is 9.64 Å². The lowest BCUT2D eigenvalue weighted by atomic mass is 10.4. The zero-order chi connectivity index (χ0) is 11.1. The molecule has 82 valence electrons. The predicted molar refractivity (Wildman–Crippen MR) is 59.6 cm³/mol. The van der Waals surface area contributed by atoms with Gasteiger partial charge in [-0.3, -0.25) is 4.79 Å². The molecule has 1 aromatic rings. The number of nitrogens with zero attached hydrogens (tertiary/aromatic N) is 2. The van der Waals surface area contributed by atoms with Crippen LogP contribution in [0.4, 0.5) is 0 Å². The summed E-state index contributed by atoms with van der Waals surface area (Å²) in [5.41, 5.74) is 2.67. The molecule has 0 saturated carbocycles. The Kier molecular flexibility index (Phi) is 5.00. The van der Waals surface area contributed by atoms with Crippen molar-refractivity contribution in [2.75, 3.05) is 20.8 Å². The van der Waals surface area contributed by atoms with Crippen molar-refractivity contribution in [3.63, 3.8) is 0 Å². The second-order valence-corrected chi connectivity index (χ2v) is 3.75. The van der Waals surface area contributed by atoms with Crippen molar-refractivity contribution in [2.24, 2.45) is 0 Å². The summed E-state index contributed by atoms with van der Waals surface area (Å²) >= 11 is 1.53. The Morgan fingerprint density at radius 1 is 1.73 bits per heavy atom. The number of carbonyl (C=O) groups is 1. The first-order valence-corrected chi connectivity index (χ1v) is 5.46. The first-order valence-electron chi connectivity index (χ1n) is 4.51. The summed E-state index contributed by atoms with van der Waals surface area (Å²) in [5.74, 6) is -0.0416. The Balaban J connectivity index is 2.39. The molecule has 0 bridgehead atoms. The van der Waals surface area contributed by atoms with Crippen LogP contribution in [0.2, 0.25) is 0 Å². The van der Waals surface area contributed by atoms with Crippen LogP contribution >= 0.6 is 11.3 Å². The molecule has 0 saturated heterocycles. The fourth-order valence-corrected chi connectivity index (χ4v) is 1.56. The Labute approximate surface area is 93.2 Å². The summed E-state index contributed by atoms with van der Waals surface area (Å²) in [6.45, 7) is 0.996. The number of likely N-dealkylation sites (N-methyl/N-ethyl adjacent to an activating group) is 1. The average molecular weight is 226 g/mol. The molecule has 1 rings (SSSR count). The molecule has 0 aliphatic heterocycles. The van der Waals surface area contributed by atoms with Crippen LogP contribution in [0.5, 0.6) is 0 Å². The molecule has 0 aliphatic rings. The maximum atomic E-state index is 11.5. The quantitative estimate of drug-likeness (QED) is 0.711. The van der Waals surface area contributed by atoms with E-state index in [1.54, 1.807) is 30.6 Å². The third-order valence-corrected chi connectivity index (χ3v) is 2.42. The molecule has 0 unspecified atom stereocenters. The Hall–Kier alpha value is -1.20. The van der Waals surface area contributed by atoms with Gasteiger partial charge in [-0.15, -0.1) is 11.3 Å². The van der Waals surface area contributed by atoms with Crippen LogP contribution in [0.15, 0.2) is 23.0 Å². The number of rotatable bonds is 5. The Bertz CT molecular complexity index is 322. The molecule has 5 heteroatoms. The number of thiazole rings is 1. The average Bonchev–Trinajstić information content (AvgIpc) is 2.70. The van der Waals surface area contributed by atoms with Crippen molar-refractivity contribution in [3.05, 3.63) is 28.7 Å². The van der Waals surface area contributed by atoms with Crippen molar-refractivity contribution >= 4 is 17.2 Å². The van der Waals surface area contributed by atoms with Gasteiger partial charge in [0.15, 0.2) is 0 Å². The number of aromatic nitrogens is 1. The van der Waals surface area contributed by atoms with Gasteiger partial charge in [-0.25, -0.2) is 4.98 Å². The highest BCUT2D eigenvalue weighted by molar-refractivity contribution is 7.07. The van der Waals surface area contributed by atoms with Crippen molar-refractivity contribution in [1.29, 1.82) is 0 Å². The maximum Gasteiger partial charge on any atom is 0.246 e. The maximum absolute atomic E-state index is 11.5. The van der Waals surface area contributed by atoms with Crippen molar-refractivity contribution < 1.29 is 9.53 Å². The molecule has 0 N–H and O–H groups in total. The fraction of sp³-hybridized carbons (Fsp3) is 0.400. The Morgan fingerprint density at radius 2 is 2.53 bits per heavy atom. The summed E-state index contributed by atoms with van der Waals surface area (Å²) in [4.78, 5) is 17.2. The topological polar surface area (TPSA) is 42.4 Å². The highest BCUT2D eigenvalue weighted by Gasteiger charge is 2.06. The second kappa shape index (κ2) is 6.31. The highest BCUT2D eigenvalue weighted by atomic mass is 32.1. The third-order valence-electron chi connectivity index (χ3n) is 1.78. The number of carbonyl (C=O) groups excluding carboxylic acids is 1. The summed E-state index contributed by atoms with van der Waals surface area (Å²) in [6.07, 6.45) is 3.20. The van der Waals surface area contributed by atoms with Gasteiger partial charge in [0, 0.05) is 25.6 Å². The van der Waals surface area contributed by atoms with E-state index in [1.165, 1.54) is 17.4 Å². The van der Waals surface area contributed by atoms with Crippen LogP contribution in [0, 0.1) is 0 Å². The largest absolute Gasteiger partial charge is 0.381 e. The monoisotopic (exact) mass is 226 g/mol. The molecule has 1 aromatic heterocycles. The minimum Gasteiger partial charge on any atom is -0.381 e. The zero-order valence-electron chi connectivity index (χ0n) is 8.84. The summed E-state index contributed by atoms with van der Waals surface area (Å²) < 4.78 is 4.81. The zero-order valence-corrected chi connectivity index (χ0v) is 9.66. The third kappa shape index (κ3) is 4.22. The SMILES string of the molecule is COC/C=C/C(=O)N(C)Cc1cscn1. The van der Waals surface area contributed by atoms with E-state index in [0.29, 0.717) is 13.2 Å². The van der Waals surface area contributed by atoms with E-state index in [-0.39, 0.29) is 5.91 Å². The van der Waals surface area contributed by atoms with Crippen LogP contribution in [-0.2, 0) is 16.1 Å². The molecule has 0 atom stereocenters. The van der Waals surface area contributed by atoms with E-state index in [2.05, 4.69) is 4.98 Å². The minimum absolute atomic E-state index is 0.0416. The van der Waals surface area contributed by atoms with Gasteiger partial charge in [-0.2, -0.15) is 0 Å². The van der Waals surface area contributed by atoms with Crippen molar-refractivity contribution in [3.8, 4) is 0 Å². The summed E-state index contributed by atoms with van der Waals surface area (Å²) in [5, 5.41) is 1.93. The van der Waals surface area contributed by atoms with E-state index in [1.807, 2.05) is 5.38 Å². The minimum atomic E-state index is -0.0416. The molecule has 1 amide bonds. The van der Waals surface area contributed by atoms with Crippen LogP contribution < -0.4 is 0 Å². The van der Waals surface area contributed by atoms with Crippen LogP contribution in [-0.4, -0.2) is 36.6 Å². The van der Waals surface area contributed by atoms with Crippen LogP contribution in [0.1, 0.15) is 5.69 Å². The normalized spacial score (nSPS) is 10.8. The van der Waals surface area contributed by atoms with Gasteiger partial charge in [0.2, 0.25) is 5.91 Å². The molecule has 0 spiro atoms. The Morgan fingerprint density at radius 3 is 3.13 bits per heavy atom. The lowest BCUT2D eigenvalue weighted by molar-refractivity contribution is -0.125. The van der Waals surface area contributed by atoms with Crippen molar-refractivity contribution in [1.82, 2.24) is 9.88 Å². The second-order valence-electron chi connectivity index (χ2n) is 3.03. The fourth-order valence-electron chi connectivity index (χ4n) is 1.01. The van der Waals surface area contributed by atoms with E-state index < -0.39 is 0 Å². The molecule has 1 heterocycles. The van der Waals surface area contributed by atoms with Crippen LogP contribution in [0.25, 0.3) is 0 Å². The van der Waals surface area contributed by atoms with Gasteiger partial charge in [0.05, 0.1) is 24.4 Å². The van der Waals surface area contributed by atoms with Crippen molar-refractivity contribution in [2.45, 2.75) is 6.54 Å². The number of ether oxygens (including phenoxy) is 1. The number of hydrogen-bond donors (Lipinski definition) is 0. The summed E-state index contributed by atoms with van der Waals surface area (Å²) in [6, 6.07) is 0. The van der Waals surface area contributed by atoms with Gasteiger partial charge in [-0.05, 0) is 0 Å². The molecule has 4 nitrogen and oxygen atoms in total. The standard InChI is InChI=1S/C10H14N2O2S/c1-12(6-9-7-15-8-11-9)10(13)4-3-5-14-2/h3-4,7-8H,5-6H2,1-2H3/b4-3+. The van der Waals surface area contributed by atoms with E-state index in [4.69, 9.17) is 4.74 Å². The lowest BCUT2D eigenvalue weighted by Crippen LogP contribution is -2.24. The number of hydrogen-bond acceptors (Lipinski definition) is 4. The highest BCUT2D eigenvalue weighted by Crippen LogP contribution is 2.04. The van der Waals surface area contributed by atoms with Gasteiger partial charge in [0.25, 0.3) is 0 Å². The summed E-state index contributed by atoms with van der Waals surface area (Å²) in [7, 11) is 3.34. The smallest absolute Gasteiger partial charge is 0.246 e. The lowest BCUT2D eigenvalue weighted by Gasteiger charge is -2.12. The number of amides is 1. The first-order chi connectivity index (χ1) is 7.24. The molecule has 0 radical (unpaired) electrons. The molecule has 0 aromatic carbocycles. The van der Waals surface area contributed by atoms with Gasteiger partial charge >= 0.3 is 0 Å². The van der Waals surface area contributed by atoms with Crippen LogP contribution in [0.3, 0.4) is 0 Å². The van der Waals surface area contributed by atoms with E-state index >= 15 is 0 Å². The first kappa shape index (κ1) is 11.9. The van der Waals surface area contributed by atoms with E-state index in [9.17, 15) is 4.79 Å².